The zero-order valence-electron chi connectivity index (χ0n) is 10.0. The van der Waals surface area contributed by atoms with Crippen LogP contribution in [0.4, 0.5) is 8.78 Å². The average Bonchev–Trinajstić information content (AvgIpc) is 2.77. The van der Waals surface area contributed by atoms with Crippen molar-refractivity contribution in [1.82, 2.24) is 14.8 Å². The Bertz CT molecular complexity index is 581. The van der Waals surface area contributed by atoms with E-state index >= 15 is 0 Å². The first kappa shape index (κ1) is 13.1. The van der Waals surface area contributed by atoms with Crippen LogP contribution in [-0.4, -0.2) is 14.8 Å². The molecule has 18 heavy (non-hydrogen) atoms. The Morgan fingerprint density at radius 2 is 2.00 bits per heavy atom. The van der Waals surface area contributed by atoms with Crippen LogP contribution in [0.25, 0.3) is 11.4 Å². The van der Waals surface area contributed by atoms with Crippen LogP contribution in [0, 0.1) is 18.6 Å². The Labute approximate surface area is 112 Å². The highest BCUT2D eigenvalue weighted by atomic mass is 79.9. The maximum absolute atomic E-state index is 14.0. The van der Waals surface area contributed by atoms with Crippen molar-refractivity contribution in [3.05, 3.63) is 35.2 Å². The summed E-state index contributed by atoms with van der Waals surface area (Å²) >= 11 is 3.28. The van der Waals surface area contributed by atoms with Crippen molar-refractivity contribution in [2.24, 2.45) is 0 Å². The van der Waals surface area contributed by atoms with Gasteiger partial charge in [0.15, 0.2) is 5.82 Å². The van der Waals surface area contributed by atoms with E-state index in [-0.39, 0.29) is 11.4 Å². The van der Waals surface area contributed by atoms with Crippen LogP contribution in [0.2, 0.25) is 0 Å². The summed E-state index contributed by atoms with van der Waals surface area (Å²) in [5.74, 6) is -0.335. The highest BCUT2D eigenvalue weighted by Crippen LogP contribution is 2.27. The minimum Gasteiger partial charge on any atom is -0.310 e. The molecule has 0 aliphatic carbocycles. The van der Waals surface area contributed by atoms with Crippen LogP contribution in [0.15, 0.2) is 12.1 Å². The summed E-state index contributed by atoms with van der Waals surface area (Å²) < 4.78 is 29.5. The molecule has 6 heteroatoms. The van der Waals surface area contributed by atoms with Gasteiger partial charge in [0.05, 0.1) is 10.9 Å². The van der Waals surface area contributed by atoms with E-state index in [0.29, 0.717) is 23.3 Å². The van der Waals surface area contributed by atoms with Crippen molar-refractivity contribution < 1.29 is 8.78 Å². The van der Waals surface area contributed by atoms with Gasteiger partial charge in [-0.05, 0) is 25.5 Å². The molecule has 96 valence electrons. The maximum atomic E-state index is 14.0. The third kappa shape index (κ3) is 2.05. The number of benzene rings is 1. The summed E-state index contributed by atoms with van der Waals surface area (Å²) in [6.45, 7) is 4.02. The topological polar surface area (TPSA) is 30.7 Å². The first-order valence-electron chi connectivity index (χ1n) is 5.53. The second-order valence-electron chi connectivity index (χ2n) is 3.87. The molecule has 0 N–H and O–H groups in total. The molecule has 0 unspecified atom stereocenters. The highest BCUT2D eigenvalue weighted by molar-refractivity contribution is 9.08. The van der Waals surface area contributed by atoms with E-state index in [1.165, 1.54) is 12.1 Å². The van der Waals surface area contributed by atoms with Crippen molar-refractivity contribution in [1.29, 1.82) is 0 Å². The molecule has 0 aliphatic rings. The zero-order chi connectivity index (χ0) is 13.3. The number of nitrogens with zero attached hydrogens (tertiary/aromatic N) is 3. The number of rotatable bonds is 3. The molecule has 3 nitrogen and oxygen atoms in total. The average molecular weight is 316 g/mol. The Morgan fingerprint density at radius 3 is 2.61 bits per heavy atom. The first-order chi connectivity index (χ1) is 8.60. The van der Waals surface area contributed by atoms with Gasteiger partial charge in [-0.3, -0.25) is 0 Å². The summed E-state index contributed by atoms with van der Waals surface area (Å²) in [5.41, 5.74) is 0.272. The van der Waals surface area contributed by atoms with Gasteiger partial charge in [0.2, 0.25) is 0 Å². The summed E-state index contributed by atoms with van der Waals surface area (Å²) in [5, 5.41) is 8.31. The normalized spacial score (nSPS) is 10.9. The van der Waals surface area contributed by atoms with E-state index in [0.717, 1.165) is 0 Å². The van der Waals surface area contributed by atoms with Crippen molar-refractivity contribution >= 4 is 15.9 Å². The zero-order valence-corrected chi connectivity index (χ0v) is 11.6. The minimum atomic E-state index is -0.624. The molecular formula is C12H12BrF2N3. The second-order valence-corrected chi connectivity index (χ2v) is 4.43. The smallest absolute Gasteiger partial charge is 0.169 e. The third-order valence-corrected chi connectivity index (χ3v) is 3.27. The fourth-order valence-corrected chi connectivity index (χ4v) is 2.23. The van der Waals surface area contributed by atoms with Crippen LogP contribution < -0.4 is 0 Å². The summed E-state index contributed by atoms with van der Waals surface area (Å²) in [7, 11) is 0. The molecular weight excluding hydrogens is 304 g/mol. The largest absolute Gasteiger partial charge is 0.310 e. The monoisotopic (exact) mass is 315 g/mol. The number of aryl methyl sites for hydroxylation is 1. The molecule has 0 bridgehead atoms. The molecule has 0 atom stereocenters. The van der Waals surface area contributed by atoms with Gasteiger partial charge < -0.3 is 4.57 Å². The second kappa shape index (κ2) is 5.14. The van der Waals surface area contributed by atoms with Crippen LogP contribution in [-0.2, 0) is 11.9 Å². The van der Waals surface area contributed by atoms with Gasteiger partial charge in [-0.2, -0.15) is 0 Å². The molecule has 1 aromatic heterocycles. The molecule has 0 saturated carbocycles. The summed E-state index contributed by atoms with van der Waals surface area (Å²) in [4.78, 5) is 0. The van der Waals surface area contributed by atoms with Crippen LogP contribution in [0.1, 0.15) is 18.3 Å². The van der Waals surface area contributed by atoms with Gasteiger partial charge in [0.25, 0.3) is 0 Å². The van der Waals surface area contributed by atoms with Crippen molar-refractivity contribution in [3.8, 4) is 11.4 Å². The maximum Gasteiger partial charge on any atom is 0.169 e. The number of alkyl halides is 1. The van der Waals surface area contributed by atoms with Crippen LogP contribution in [0.5, 0.6) is 0 Å². The molecule has 0 fully saturated rings. The molecule has 0 radical (unpaired) electrons. The van der Waals surface area contributed by atoms with E-state index in [1.54, 1.807) is 11.5 Å². The number of aromatic nitrogens is 3. The minimum absolute atomic E-state index is 0.114. The highest BCUT2D eigenvalue weighted by Gasteiger charge is 2.20. The lowest BCUT2D eigenvalue weighted by Gasteiger charge is -2.09. The van der Waals surface area contributed by atoms with Gasteiger partial charge in [0, 0.05) is 6.54 Å². The van der Waals surface area contributed by atoms with Crippen LogP contribution in [0.3, 0.4) is 0 Å². The standard InChI is InChI=1S/C12H12BrF2N3/c1-3-18-9(6-13)16-17-12(18)10-8(14)5-4-7(2)11(10)15/h4-5H,3,6H2,1-2H3. The molecule has 0 amide bonds. The summed E-state index contributed by atoms with van der Waals surface area (Å²) in [6, 6.07) is 2.66. The lowest BCUT2D eigenvalue weighted by atomic mass is 10.1. The lowest BCUT2D eigenvalue weighted by Crippen LogP contribution is -2.05. The molecule has 0 spiro atoms. The molecule has 0 saturated heterocycles. The predicted molar refractivity (Wildman–Crippen MR) is 68.4 cm³/mol. The van der Waals surface area contributed by atoms with Gasteiger partial charge in [-0.15, -0.1) is 10.2 Å². The molecule has 0 aliphatic heterocycles. The van der Waals surface area contributed by atoms with Gasteiger partial charge in [-0.25, -0.2) is 8.78 Å². The number of halogens is 3. The molecule has 2 rings (SSSR count). The van der Waals surface area contributed by atoms with Crippen molar-refractivity contribution in [2.75, 3.05) is 0 Å². The van der Waals surface area contributed by atoms with E-state index in [1.807, 2.05) is 6.92 Å². The predicted octanol–water partition coefficient (Wildman–Crippen LogP) is 3.45. The fourth-order valence-electron chi connectivity index (χ4n) is 1.81. The number of hydrogen-bond donors (Lipinski definition) is 0. The van der Waals surface area contributed by atoms with E-state index in [4.69, 9.17) is 0 Å². The number of hydrogen-bond acceptors (Lipinski definition) is 2. The fraction of sp³-hybridized carbons (Fsp3) is 0.333. The lowest BCUT2D eigenvalue weighted by molar-refractivity contribution is 0.578. The SMILES string of the molecule is CCn1c(CBr)nnc1-c1c(F)ccc(C)c1F. The molecule has 2 aromatic rings. The van der Waals surface area contributed by atoms with E-state index < -0.39 is 11.6 Å². The Kier molecular flexibility index (Phi) is 3.75. The summed E-state index contributed by atoms with van der Waals surface area (Å²) in [6.07, 6.45) is 0. The van der Waals surface area contributed by atoms with Gasteiger partial charge >= 0.3 is 0 Å². The van der Waals surface area contributed by atoms with Crippen LogP contribution >= 0.6 is 15.9 Å². The van der Waals surface area contributed by atoms with Crippen molar-refractivity contribution in [3.63, 3.8) is 0 Å². The Hall–Kier alpha value is -1.30. The third-order valence-electron chi connectivity index (χ3n) is 2.77. The Balaban J connectivity index is 2.69. The quantitative estimate of drug-likeness (QED) is 0.812. The molecule has 1 heterocycles. The first-order valence-corrected chi connectivity index (χ1v) is 6.65. The van der Waals surface area contributed by atoms with Gasteiger partial charge in [-0.1, -0.05) is 22.0 Å². The Morgan fingerprint density at radius 1 is 1.28 bits per heavy atom. The molecule has 1 aromatic carbocycles. The van der Waals surface area contributed by atoms with Gasteiger partial charge in [0.1, 0.15) is 17.5 Å². The van der Waals surface area contributed by atoms with Crippen molar-refractivity contribution in [2.45, 2.75) is 25.7 Å². The van der Waals surface area contributed by atoms with E-state index in [9.17, 15) is 8.78 Å². The van der Waals surface area contributed by atoms with E-state index in [2.05, 4.69) is 26.1 Å².